The summed E-state index contributed by atoms with van der Waals surface area (Å²) in [5.74, 6) is -1.27. The molecule has 0 bridgehead atoms. The number of fused-ring (bicyclic) bond motifs is 1. The van der Waals surface area contributed by atoms with E-state index in [9.17, 15) is 19.5 Å². The van der Waals surface area contributed by atoms with Crippen LogP contribution >= 0.6 is 0 Å². The lowest BCUT2D eigenvalue weighted by Crippen LogP contribution is -2.15. The molecule has 3 aromatic heterocycles. The first-order valence-electron chi connectivity index (χ1n) is 9.78. The van der Waals surface area contributed by atoms with Gasteiger partial charge in [0.05, 0.1) is 28.8 Å². The van der Waals surface area contributed by atoms with Crippen molar-refractivity contribution in [1.82, 2.24) is 9.97 Å². The lowest BCUT2D eigenvalue weighted by atomic mass is 10.1. The van der Waals surface area contributed by atoms with Gasteiger partial charge in [-0.05, 0) is 31.2 Å². The molecule has 0 atom stereocenters. The first kappa shape index (κ1) is 21.5. The zero-order valence-corrected chi connectivity index (χ0v) is 17.3. The second-order valence-electron chi connectivity index (χ2n) is 6.67. The van der Waals surface area contributed by atoms with Gasteiger partial charge in [-0.15, -0.1) is 0 Å². The van der Waals surface area contributed by atoms with E-state index in [0.717, 1.165) is 12.1 Å². The third-order valence-corrected chi connectivity index (χ3v) is 4.46. The number of aromatic hydroxyl groups is 1. The van der Waals surface area contributed by atoms with Gasteiger partial charge in [0.15, 0.2) is 5.43 Å². The van der Waals surface area contributed by atoms with Crippen LogP contribution < -0.4 is 15.5 Å². The van der Waals surface area contributed by atoms with Crippen LogP contribution in [0.1, 0.15) is 17.3 Å². The molecule has 166 valence electrons. The van der Waals surface area contributed by atoms with E-state index in [1.54, 1.807) is 25.1 Å². The fourth-order valence-electron chi connectivity index (χ4n) is 3.06. The molecule has 0 aliphatic carbocycles. The molecule has 0 saturated heterocycles. The number of amides is 1. The molecular weight excluding hydrogens is 430 g/mol. The molecule has 1 amide bonds. The van der Waals surface area contributed by atoms with Gasteiger partial charge in [-0.25, -0.2) is 14.6 Å². The van der Waals surface area contributed by atoms with Crippen LogP contribution in [-0.2, 0) is 4.74 Å². The van der Waals surface area contributed by atoms with Crippen LogP contribution in [0.5, 0.6) is 11.5 Å². The fraction of sp³-hybridized carbons (Fsp3) is 0.0870. The van der Waals surface area contributed by atoms with E-state index >= 15 is 0 Å². The summed E-state index contributed by atoms with van der Waals surface area (Å²) >= 11 is 0. The van der Waals surface area contributed by atoms with Crippen molar-refractivity contribution in [3.8, 4) is 22.8 Å². The second-order valence-corrected chi connectivity index (χ2v) is 6.67. The number of phenols is 1. The number of hydrogen-bond acceptors (Lipinski definition) is 9. The van der Waals surface area contributed by atoms with Crippen molar-refractivity contribution in [1.29, 1.82) is 0 Å². The van der Waals surface area contributed by atoms with Crippen molar-refractivity contribution in [3.63, 3.8) is 0 Å². The highest BCUT2D eigenvalue weighted by Gasteiger charge is 2.21. The normalized spacial score (nSPS) is 10.6. The van der Waals surface area contributed by atoms with Crippen LogP contribution in [0.2, 0.25) is 0 Å². The molecule has 0 fully saturated rings. The molecule has 2 N–H and O–H groups in total. The minimum atomic E-state index is -0.824. The summed E-state index contributed by atoms with van der Waals surface area (Å²) in [6.45, 7) is 1.72. The van der Waals surface area contributed by atoms with Gasteiger partial charge in [0, 0.05) is 36.8 Å². The van der Waals surface area contributed by atoms with E-state index < -0.39 is 23.2 Å². The van der Waals surface area contributed by atoms with Gasteiger partial charge in [0.1, 0.15) is 17.3 Å². The number of pyridine rings is 2. The first-order chi connectivity index (χ1) is 16.0. The van der Waals surface area contributed by atoms with Crippen molar-refractivity contribution in [2.75, 3.05) is 11.9 Å². The molecule has 0 spiro atoms. The third-order valence-electron chi connectivity index (χ3n) is 4.46. The number of anilines is 1. The van der Waals surface area contributed by atoms with E-state index in [1.165, 1.54) is 30.7 Å². The van der Waals surface area contributed by atoms with Crippen LogP contribution in [0, 0.1) is 0 Å². The van der Waals surface area contributed by atoms with E-state index in [4.69, 9.17) is 13.9 Å². The minimum absolute atomic E-state index is 0.0131. The van der Waals surface area contributed by atoms with Crippen molar-refractivity contribution < 1.29 is 28.6 Å². The number of phenolic OH excluding ortho intramolecular Hbond substituents is 1. The highest BCUT2D eigenvalue weighted by Crippen LogP contribution is 2.40. The lowest BCUT2D eigenvalue weighted by molar-refractivity contribution is 0.0734. The van der Waals surface area contributed by atoms with Crippen LogP contribution in [0.3, 0.4) is 0 Å². The Morgan fingerprint density at radius 1 is 1.15 bits per heavy atom. The zero-order chi connectivity index (χ0) is 23.4. The van der Waals surface area contributed by atoms with Crippen molar-refractivity contribution in [3.05, 3.63) is 76.8 Å². The maximum atomic E-state index is 12.5. The summed E-state index contributed by atoms with van der Waals surface area (Å²) in [6.07, 6.45) is 3.46. The average molecular weight is 447 g/mol. The molecule has 0 aliphatic rings. The number of rotatable bonds is 5. The van der Waals surface area contributed by atoms with Crippen molar-refractivity contribution >= 4 is 28.8 Å². The average Bonchev–Trinajstić information content (AvgIpc) is 2.79. The summed E-state index contributed by atoms with van der Waals surface area (Å²) in [5, 5.41) is 13.5. The molecule has 33 heavy (non-hydrogen) atoms. The van der Waals surface area contributed by atoms with Crippen LogP contribution in [0.15, 0.2) is 70.3 Å². The SMILES string of the molecule is CCOC(=O)Nc1cc(OC(=O)c2cccnc2)cc(O)c1-c1cc(=O)c2cccnc2o1. The van der Waals surface area contributed by atoms with Crippen molar-refractivity contribution in [2.45, 2.75) is 6.92 Å². The number of carbonyl (C=O) groups is 2. The number of nitrogens with one attached hydrogen (secondary N) is 1. The molecule has 0 saturated carbocycles. The highest BCUT2D eigenvalue weighted by atomic mass is 16.5. The summed E-state index contributed by atoms with van der Waals surface area (Å²) in [5.41, 5.74) is -0.191. The van der Waals surface area contributed by atoms with Gasteiger partial charge in [-0.3, -0.25) is 15.1 Å². The van der Waals surface area contributed by atoms with Gasteiger partial charge >= 0.3 is 12.1 Å². The summed E-state index contributed by atoms with van der Waals surface area (Å²) in [7, 11) is 0. The Bertz CT molecular complexity index is 1400. The molecule has 1 aromatic carbocycles. The molecule has 10 nitrogen and oxygen atoms in total. The standard InChI is InChI=1S/C23H17N3O7/c1-2-31-23(30)26-16-9-14(32-22(29)13-5-3-7-24-12-13)10-18(28)20(16)19-11-17(27)15-6-4-8-25-21(15)33-19/h3-12,28H,2H2,1H3,(H,26,30). The molecule has 4 rings (SSSR count). The fourth-order valence-corrected chi connectivity index (χ4v) is 3.06. The molecule has 3 heterocycles. The number of aromatic nitrogens is 2. The van der Waals surface area contributed by atoms with Gasteiger partial charge in [0.25, 0.3) is 0 Å². The smallest absolute Gasteiger partial charge is 0.411 e. The Balaban J connectivity index is 1.80. The predicted molar refractivity (Wildman–Crippen MR) is 117 cm³/mol. The Morgan fingerprint density at radius 2 is 1.97 bits per heavy atom. The van der Waals surface area contributed by atoms with E-state index in [0.29, 0.717) is 0 Å². The largest absolute Gasteiger partial charge is 0.507 e. The number of esters is 1. The topological polar surface area (TPSA) is 141 Å². The summed E-state index contributed by atoms with van der Waals surface area (Å²) in [6, 6.07) is 9.84. The molecule has 4 aromatic rings. The monoisotopic (exact) mass is 447 g/mol. The van der Waals surface area contributed by atoms with Crippen LogP contribution in [0.4, 0.5) is 10.5 Å². The van der Waals surface area contributed by atoms with Gasteiger partial charge < -0.3 is 19.0 Å². The summed E-state index contributed by atoms with van der Waals surface area (Å²) in [4.78, 5) is 44.9. The van der Waals surface area contributed by atoms with Gasteiger partial charge in [0.2, 0.25) is 5.71 Å². The van der Waals surface area contributed by atoms with Crippen LogP contribution in [0.25, 0.3) is 22.4 Å². The lowest BCUT2D eigenvalue weighted by Gasteiger charge is -2.14. The van der Waals surface area contributed by atoms with Crippen molar-refractivity contribution in [2.24, 2.45) is 0 Å². The number of carbonyl (C=O) groups excluding carboxylic acids is 2. The quantitative estimate of drug-likeness (QED) is 0.346. The maximum Gasteiger partial charge on any atom is 0.411 e. The first-order valence-corrected chi connectivity index (χ1v) is 9.78. The number of ether oxygens (including phenoxy) is 2. The zero-order valence-electron chi connectivity index (χ0n) is 17.3. The third kappa shape index (κ3) is 4.64. The van der Waals surface area contributed by atoms with Crippen LogP contribution in [-0.4, -0.2) is 33.7 Å². The number of nitrogens with zero attached hydrogens (tertiary/aromatic N) is 2. The number of hydrogen-bond donors (Lipinski definition) is 2. The second kappa shape index (κ2) is 9.18. The minimum Gasteiger partial charge on any atom is -0.507 e. The summed E-state index contributed by atoms with van der Waals surface area (Å²) < 4.78 is 15.9. The molecule has 0 aliphatic heterocycles. The Kier molecular flexibility index (Phi) is 5.98. The van der Waals surface area contributed by atoms with Gasteiger partial charge in [-0.2, -0.15) is 0 Å². The Hall–Kier alpha value is -4.73. The maximum absolute atomic E-state index is 12.5. The van der Waals surface area contributed by atoms with E-state index in [1.807, 2.05) is 0 Å². The van der Waals surface area contributed by atoms with E-state index in [2.05, 4.69) is 15.3 Å². The molecule has 0 unspecified atom stereocenters. The van der Waals surface area contributed by atoms with E-state index in [-0.39, 0.29) is 46.0 Å². The Morgan fingerprint density at radius 3 is 2.73 bits per heavy atom. The molecular formula is C23H17N3O7. The number of benzene rings is 1. The van der Waals surface area contributed by atoms with Gasteiger partial charge in [-0.1, -0.05) is 0 Å². The highest BCUT2D eigenvalue weighted by molar-refractivity contribution is 5.95. The predicted octanol–water partition coefficient (Wildman–Crippen LogP) is 3.74. The Labute approximate surface area is 186 Å². The molecule has 10 heteroatoms. The molecule has 0 radical (unpaired) electrons.